The highest BCUT2D eigenvalue weighted by Crippen LogP contribution is 2.30. The van der Waals surface area contributed by atoms with Gasteiger partial charge >= 0.3 is 0 Å². The number of nitrogens with one attached hydrogen (secondary N) is 1. The lowest BCUT2D eigenvalue weighted by Crippen LogP contribution is -2.47. The summed E-state index contributed by atoms with van der Waals surface area (Å²) in [5.74, 6) is -0.870. The first-order valence-corrected chi connectivity index (χ1v) is 9.09. The monoisotopic (exact) mass is 400 g/mol. The largest absolute Gasteiger partial charge is 0.393 e. The Hall–Kier alpha value is -3.49. The van der Waals surface area contributed by atoms with Crippen LogP contribution < -0.4 is 20.9 Å². The van der Waals surface area contributed by atoms with Crippen LogP contribution in [-0.2, 0) is 0 Å². The first-order chi connectivity index (χ1) is 14.0. The molecule has 0 atom stereocenters. The van der Waals surface area contributed by atoms with Gasteiger partial charge in [0.25, 0.3) is 0 Å². The van der Waals surface area contributed by atoms with E-state index in [1.165, 1.54) is 24.5 Å². The average Bonchev–Trinajstić information content (AvgIpc) is 2.72. The minimum absolute atomic E-state index is 0.0730. The van der Waals surface area contributed by atoms with Crippen molar-refractivity contribution in [2.24, 2.45) is 0 Å². The average molecular weight is 400 g/mol. The Morgan fingerprint density at radius 3 is 2.17 bits per heavy atom. The molecular formula is C20H19F3N6. The van der Waals surface area contributed by atoms with Crippen molar-refractivity contribution in [1.82, 2.24) is 9.97 Å². The number of rotatable bonds is 4. The van der Waals surface area contributed by atoms with Gasteiger partial charge in [0.05, 0.1) is 5.69 Å². The summed E-state index contributed by atoms with van der Waals surface area (Å²) in [4.78, 5) is 12.5. The van der Waals surface area contributed by atoms with Crippen LogP contribution in [0.1, 0.15) is 0 Å². The number of halogens is 3. The summed E-state index contributed by atoms with van der Waals surface area (Å²) in [6, 6.07) is 9.61. The molecule has 0 saturated carbocycles. The molecule has 3 N–H and O–H groups in total. The molecule has 2 aromatic carbocycles. The Morgan fingerprint density at radius 2 is 1.48 bits per heavy atom. The molecule has 0 aliphatic carbocycles. The molecule has 0 radical (unpaired) electrons. The number of nitrogens with two attached hydrogens (primary N) is 1. The van der Waals surface area contributed by atoms with Gasteiger partial charge in [-0.15, -0.1) is 0 Å². The molecule has 1 saturated heterocycles. The smallest absolute Gasteiger partial charge is 0.159 e. The van der Waals surface area contributed by atoms with Gasteiger partial charge in [0, 0.05) is 37.9 Å². The standard InChI is InChI=1S/C20H19F3N6/c21-13-1-4-15(5-2-13)28-7-9-29(10-8-28)20-18(24)19(25-12-26-20)27-17-6-3-14(22)11-16(17)23/h1-6,11-12H,7-10,24H2,(H,25,26,27). The molecule has 0 amide bonds. The van der Waals surface area contributed by atoms with Gasteiger partial charge in [-0.25, -0.2) is 23.1 Å². The van der Waals surface area contributed by atoms with Crippen LogP contribution in [0.2, 0.25) is 0 Å². The predicted molar refractivity (Wildman–Crippen MR) is 107 cm³/mol. The quantitative estimate of drug-likeness (QED) is 0.698. The van der Waals surface area contributed by atoms with Crippen LogP contribution in [0.4, 0.5) is 41.9 Å². The highest BCUT2D eigenvalue weighted by Gasteiger charge is 2.22. The topological polar surface area (TPSA) is 70.3 Å². The number of piperazine rings is 1. The van der Waals surface area contributed by atoms with Crippen molar-refractivity contribution in [3.63, 3.8) is 0 Å². The Labute approximate surface area is 165 Å². The number of anilines is 5. The maximum Gasteiger partial charge on any atom is 0.159 e. The zero-order valence-electron chi connectivity index (χ0n) is 15.4. The second-order valence-corrected chi connectivity index (χ2v) is 6.66. The van der Waals surface area contributed by atoms with Crippen molar-refractivity contribution in [2.75, 3.05) is 47.0 Å². The predicted octanol–water partition coefficient (Wildman–Crippen LogP) is 3.55. The van der Waals surface area contributed by atoms with E-state index in [2.05, 4.69) is 20.2 Å². The summed E-state index contributed by atoms with van der Waals surface area (Å²) in [7, 11) is 0. The van der Waals surface area contributed by atoms with Crippen LogP contribution in [0.15, 0.2) is 48.8 Å². The second kappa shape index (κ2) is 7.86. The molecular weight excluding hydrogens is 381 g/mol. The summed E-state index contributed by atoms with van der Waals surface area (Å²) >= 11 is 0. The summed E-state index contributed by atoms with van der Waals surface area (Å²) in [5, 5.41) is 2.80. The lowest BCUT2D eigenvalue weighted by molar-refractivity contribution is 0.586. The van der Waals surface area contributed by atoms with Crippen molar-refractivity contribution >= 4 is 28.7 Å². The Bertz CT molecular complexity index is 1000. The van der Waals surface area contributed by atoms with E-state index < -0.39 is 11.6 Å². The van der Waals surface area contributed by atoms with Crippen LogP contribution in [0.5, 0.6) is 0 Å². The first-order valence-electron chi connectivity index (χ1n) is 9.09. The van der Waals surface area contributed by atoms with Gasteiger partial charge in [-0.2, -0.15) is 0 Å². The summed E-state index contributed by atoms with van der Waals surface area (Å²) in [5.41, 5.74) is 7.53. The molecule has 150 valence electrons. The van der Waals surface area contributed by atoms with E-state index in [4.69, 9.17) is 5.73 Å². The Morgan fingerprint density at radius 1 is 0.828 bits per heavy atom. The number of nitrogens with zero attached hydrogens (tertiary/aromatic N) is 4. The van der Waals surface area contributed by atoms with Gasteiger partial charge < -0.3 is 20.9 Å². The highest BCUT2D eigenvalue weighted by molar-refractivity contribution is 5.78. The van der Waals surface area contributed by atoms with Crippen molar-refractivity contribution < 1.29 is 13.2 Å². The number of nitrogen functional groups attached to an aromatic ring is 1. The van der Waals surface area contributed by atoms with E-state index in [-0.39, 0.29) is 23.0 Å². The van der Waals surface area contributed by atoms with Gasteiger partial charge in [0.2, 0.25) is 0 Å². The third-order valence-electron chi connectivity index (χ3n) is 4.82. The molecule has 2 heterocycles. The molecule has 9 heteroatoms. The van der Waals surface area contributed by atoms with Gasteiger partial charge in [-0.05, 0) is 36.4 Å². The maximum atomic E-state index is 13.9. The SMILES string of the molecule is Nc1c(Nc2ccc(F)cc2F)ncnc1N1CCN(c2ccc(F)cc2)CC1. The third kappa shape index (κ3) is 4.03. The van der Waals surface area contributed by atoms with Gasteiger partial charge in [0.1, 0.15) is 29.5 Å². The summed E-state index contributed by atoms with van der Waals surface area (Å²) < 4.78 is 40.1. The molecule has 1 fully saturated rings. The van der Waals surface area contributed by atoms with E-state index in [1.807, 2.05) is 4.90 Å². The fourth-order valence-corrected chi connectivity index (χ4v) is 3.28. The molecule has 1 aliphatic heterocycles. The minimum Gasteiger partial charge on any atom is -0.393 e. The fourth-order valence-electron chi connectivity index (χ4n) is 3.28. The molecule has 4 rings (SSSR count). The molecule has 6 nitrogen and oxygen atoms in total. The van der Waals surface area contributed by atoms with Crippen molar-refractivity contribution in [2.45, 2.75) is 0 Å². The Balaban J connectivity index is 1.48. The molecule has 0 unspecified atom stereocenters. The van der Waals surface area contributed by atoms with E-state index in [0.717, 1.165) is 17.8 Å². The van der Waals surface area contributed by atoms with Crippen LogP contribution in [0, 0.1) is 17.5 Å². The highest BCUT2D eigenvalue weighted by atomic mass is 19.1. The van der Waals surface area contributed by atoms with Crippen LogP contribution in [-0.4, -0.2) is 36.1 Å². The number of hydrogen-bond acceptors (Lipinski definition) is 6. The molecule has 1 aromatic heterocycles. The minimum atomic E-state index is -0.738. The van der Waals surface area contributed by atoms with Crippen molar-refractivity contribution in [1.29, 1.82) is 0 Å². The van der Waals surface area contributed by atoms with Gasteiger partial charge in [-0.1, -0.05) is 0 Å². The lowest BCUT2D eigenvalue weighted by atomic mass is 10.2. The van der Waals surface area contributed by atoms with E-state index in [9.17, 15) is 13.2 Å². The zero-order chi connectivity index (χ0) is 20.4. The molecule has 0 spiro atoms. The number of aromatic nitrogens is 2. The normalized spacial score (nSPS) is 14.2. The summed E-state index contributed by atoms with van der Waals surface area (Å²) in [6.45, 7) is 2.74. The molecule has 29 heavy (non-hydrogen) atoms. The van der Waals surface area contributed by atoms with Crippen molar-refractivity contribution in [3.8, 4) is 0 Å². The molecule has 3 aromatic rings. The third-order valence-corrected chi connectivity index (χ3v) is 4.82. The zero-order valence-corrected chi connectivity index (χ0v) is 15.4. The van der Waals surface area contributed by atoms with Crippen LogP contribution in [0.25, 0.3) is 0 Å². The molecule has 0 bridgehead atoms. The van der Waals surface area contributed by atoms with Crippen LogP contribution in [0.3, 0.4) is 0 Å². The number of hydrogen-bond donors (Lipinski definition) is 2. The van der Waals surface area contributed by atoms with Crippen LogP contribution >= 0.6 is 0 Å². The van der Waals surface area contributed by atoms with E-state index in [0.29, 0.717) is 32.0 Å². The van der Waals surface area contributed by atoms with Crippen molar-refractivity contribution in [3.05, 3.63) is 66.2 Å². The lowest BCUT2D eigenvalue weighted by Gasteiger charge is -2.37. The Kier molecular flexibility index (Phi) is 5.11. The summed E-state index contributed by atoms with van der Waals surface area (Å²) in [6.07, 6.45) is 1.35. The second-order valence-electron chi connectivity index (χ2n) is 6.66. The fraction of sp³-hybridized carbons (Fsp3) is 0.200. The first kappa shape index (κ1) is 18.9. The van der Waals surface area contributed by atoms with Gasteiger partial charge in [-0.3, -0.25) is 0 Å². The van der Waals surface area contributed by atoms with E-state index in [1.54, 1.807) is 12.1 Å². The van der Waals surface area contributed by atoms with Gasteiger partial charge in [0.15, 0.2) is 11.6 Å². The number of benzene rings is 2. The molecule has 1 aliphatic rings. The maximum absolute atomic E-state index is 13.9. The van der Waals surface area contributed by atoms with E-state index >= 15 is 0 Å².